The molecule has 2 aromatic carbocycles. The molecule has 1 fully saturated rings. The molecule has 184 valence electrons. The predicted octanol–water partition coefficient (Wildman–Crippen LogP) is 5.42. The van der Waals surface area contributed by atoms with Crippen molar-refractivity contribution in [3.05, 3.63) is 70.6 Å². The van der Waals surface area contributed by atoms with Crippen molar-refractivity contribution < 1.29 is 14.3 Å². The number of ether oxygens (including phenoxy) is 2. The van der Waals surface area contributed by atoms with E-state index in [-0.39, 0.29) is 5.97 Å². The van der Waals surface area contributed by atoms with Crippen LogP contribution in [-0.2, 0) is 11.3 Å². The summed E-state index contributed by atoms with van der Waals surface area (Å²) in [5, 5.41) is 4.75. The standard InChI is InChI=1S/C27H31N3O3S2/c1-4-33-26(31)24-23(21-10-6-5-7-11-21)19(2)35-25(24)28-27(34)30-15-13-29(14-16-30)18-20-9-8-12-22(17-20)32-3/h5-12,17H,4,13-16,18H2,1-3H3,(H,28,34). The molecule has 0 bridgehead atoms. The molecule has 1 aliphatic rings. The van der Waals surface area contributed by atoms with Crippen molar-refractivity contribution in [1.29, 1.82) is 0 Å². The van der Waals surface area contributed by atoms with Crippen LogP contribution >= 0.6 is 23.6 Å². The van der Waals surface area contributed by atoms with Gasteiger partial charge in [-0.15, -0.1) is 11.3 Å². The topological polar surface area (TPSA) is 54.0 Å². The molecule has 0 unspecified atom stereocenters. The van der Waals surface area contributed by atoms with E-state index in [9.17, 15) is 4.79 Å². The van der Waals surface area contributed by atoms with Gasteiger partial charge >= 0.3 is 5.97 Å². The fraction of sp³-hybridized carbons (Fsp3) is 0.333. The smallest absolute Gasteiger partial charge is 0.341 e. The molecule has 1 aliphatic heterocycles. The van der Waals surface area contributed by atoms with Crippen LogP contribution in [0.25, 0.3) is 11.1 Å². The highest BCUT2D eigenvalue weighted by molar-refractivity contribution is 7.80. The summed E-state index contributed by atoms with van der Waals surface area (Å²) in [6.45, 7) is 8.50. The Morgan fingerprint density at radius 2 is 1.83 bits per heavy atom. The molecule has 0 radical (unpaired) electrons. The Balaban J connectivity index is 1.45. The Kier molecular flexibility index (Phi) is 8.38. The van der Waals surface area contributed by atoms with Crippen molar-refractivity contribution in [2.75, 3.05) is 45.2 Å². The van der Waals surface area contributed by atoms with Crippen LogP contribution in [0.3, 0.4) is 0 Å². The number of hydrogen-bond acceptors (Lipinski definition) is 6. The Hall–Kier alpha value is -2.94. The van der Waals surface area contributed by atoms with E-state index in [2.05, 4.69) is 27.2 Å². The predicted molar refractivity (Wildman–Crippen MR) is 147 cm³/mol. The number of carbonyl (C=O) groups is 1. The molecule has 0 aliphatic carbocycles. The number of esters is 1. The third kappa shape index (κ3) is 6.01. The molecule has 1 aromatic heterocycles. The second-order valence-corrected chi connectivity index (χ2v) is 9.98. The molecule has 8 heteroatoms. The number of thiocarbonyl (C=S) groups is 1. The monoisotopic (exact) mass is 509 g/mol. The summed E-state index contributed by atoms with van der Waals surface area (Å²) in [4.78, 5) is 18.6. The first kappa shape index (κ1) is 25.2. The number of methoxy groups -OCH3 is 1. The lowest BCUT2D eigenvalue weighted by molar-refractivity contribution is 0.0529. The molecule has 0 spiro atoms. The summed E-state index contributed by atoms with van der Waals surface area (Å²) in [5.41, 5.74) is 3.69. The molecule has 1 saturated heterocycles. The minimum absolute atomic E-state index is 0.321. The molecule has 6 nitrogen and oxygen atoms in total. The minimum atomic E-state index is -0.330. The summed E-state index contributed by atoms with van der Waals surface area (Å²) in [5.74, 6) is 0.550. The molecular formula is C27H31N3O3S2. The summed E-state index contributed by atoms with van der Waals surface area (Å²) in [6, 6.07) is 18.2. The lowest BCUT2D eigenvalue weighted by Gasteiger charge is -2.36. The molecule has 0 amide bonds. The number of nitrogens with zero attached hydrogens (tertiary/aromatic N) is 2. The Morgan fingerprint density at radius 3 is 2.51 bits per heavy atom. The van der Waals surface area contributed by atoms with Gasteiger partial charge in [-0.05, 0) is 49.3 Å². The van der Waals surface area contributed by atoms with Gasteiger partial charge in [0.2, 0.25) is 0 Å². The van der Waals surface area contributed by atoms with Gasteiger partial charge in [0.25, 0.3) is 0 Å². The molecular weight excluding hydrogens is 478 g/mol. The van der Waals surface area contributed by atoms with E-state index < -0.39 is 0 Å². The SMILES string of the molecule is CCOC(=O)c1c(NC(=S)N2CCN(Cc3cccc(OC)c3)CC2)sc(C)c1-c1ccccc1. The fourth-order valence-electron chi connectivity index (χ4n) is 4.30. The maximum Gasteiger partial charge on any atom is 0.341 e. The highest BCUT2D eigenvalue weighted by atomic mass is 32.1. The summed E-state index contributed by atoms with van der Waals surface area (Å²) in [6.07, 6.45) is 0. The normalized spacial score (nSPS) is 14.0. The van der Waals surface area contributed by atoms with Crippen molar-refractivity contribution in [2.45, 2.75) is 20.4 Å². The van der Waals surface area contributed by atoms with E-state index in [0.29, 0.717) is 17.3 Å². The highest BCUT2D eigenvalue weighted by Crippen LogP contribution is 2.40. The number of nitrogens with one attached hydrogen (secondary N) is 1. The lowest BCUT2D eigenvalue weighted by atomic mass is 10.0. The van der Waals surface area contributed by atoms with Gasteiger partial charge in [0.1, 0.15) is 16.3 Å². The first-order valence-corrected chi connectivity index (χ1v) is 13.0. The first-order chi connectivity index (χ1) is 17.0. The molecule has 0 atom stereocenters. The van der Waals surface area contributed by atoms with Crippen LogP contribution in [0, 0.1) is 6.92 Å². The Morgan fingerprint density at radius 1 is 1.09 bits per heavy atom. The van der Waals surface area contributed by atoms with E-state index >= 15 is 0 Å². The maximum absolute atomic E-state index is 13.0. The van der Waals surface area contributed by atoms with Gasteiger partial charge in [-0.25, -0.2) is 4.79 Å². The summed E-state index contributed by atoms with van der Waals surface area (Å²) in [7, 11) is 1.69. The molecule has 4 rings (SSSR count). The Bertz CT molecular complexity index is 1170. The van der Waals surface area contributed by atoms with Gasteiger partial charge in [-0.1, -0.05) is 42.5 Å². The van der Waals surface area contributed by atoms with Crippen molar-refractivity contribution in [3.8, 4) is 16.9 Å². The number of benzene rings is 2. The first-order valence-electron chi connectivity index (χ1n) is 11.8. The number of rotatable bonds is 7. The lowest BCUT2D eigenvalue weighted by Crippen LogP contribution is -2.49. The van der Waals surface area contributed by atoms with Gasteiger partial charge in [0, 0.05) is 43.2 Å². The molecule has 0 saturated carbocycles. The number of carbonyl (C=O) groups excluding carboxylic acids is 1. The maximum atomic E-state index is 13.0. The van der Waals surface area contributed by atoms with Crippen LogP contribution in [0.1, 0.15) is 27.7 Å². The average Bonchev–Trinajstić information content (AvgIpc) is 3.20. The van der Waals surface area contributed by atoms with Crippen molar-refractivity contribution in [3.63, 3.8) is 0 Å². The van der Waals surface area contributed by atoms with E-state index in [1.807, 2.05) is 56.3 Å². The third-order valence-corrected chi connectivity index (χ3v) is 7.43. The molecule has 1 N–H and O–H groups in total. The van der Waals surface area contributed by atoms with Crippen molar-refractivity contribution in [1.82, 2.24) is 9.80 Å². The molecule has 3 aromatic rings. The number of anilines is 1. The third-order valence-electron chi connectivity index (χ3n) is 6.05. The van der Waals surface area contributed by atoms with Crippen LogP contribution in [0.5, 0.6) is 5.75 Å². The number of hydrogen-bond donors (Lipinski definition) is 1. The van der Waals surface area contributed by atoms with Crippen LogP contribution in [-0.4, -0.2) is 60.8 Å². The van der Waals surface area contributed by atoms with E-state index in [0.717, 1.165) is 59.5 Å². The fourth-order valence-corrected chi connectivity index (χ4v) is 5.71. The highest BCUT2D eigenvalue weighted by Gasteiger charge is 2.26. The Labute approximate surface area is 216 Å². The van der Waals surface area contributed by atoms with Gasteiger partial charge < -0.3 is 19.7 Å². The molecule has 35 heavy (non-hydrogen) atoms. The zero-order valence-corrected chi connectivity index (χ0v) is 22.0. The van der Waals surface area contributed by atoms with Gasteiger partial charge in [-0.2, -0.15) is 0 Å². The van der Waals surface area contributed by atoms with Crippen LogP contribution in [0.2, 0.25) is 0 Å². The zero-order chi connectivity index (χ0) is 24.8. The largest absolute Gasteiger partial charge is 0.497 e. The van der Waals surface area contributed by atoms with Crippen molar-refractivity contribution >= 4 is 39.6 Å². The van der Waals surface area contributed by atoms with Gasteiger partial charge in [0.15, 0.2) is 5.11 Å². The van der Waals surface area contributed by atoms with Crippen molar-refractivity contribution in [2.24, 2.45) is 0 Å². The van der Waals surface area contributed by atoms with Crippen LogP contribution in [0.4, 0.5) is 5.00 Å². The minimum Gasteiger partial charge on any atom is -0.497 e. The number of thiophene rings is 1. The van der Waals surface area contributed by atoms with Gasteiger partial charge in [0.05, 0.1) is 13.7 Å². The summed E-state index contributed by atoms with van der Waals surface area (Å²) >= 11 is 7.31. The van der Waals surface area contributed by atoms with Gasteiger partial charge in [-0.3, -0.25) is 4.90 Å². The van der Waals surface area contributed by atoms with E-state index in [4.69, 9.17) is 21.7 Å². The number of aryl methyl sites for hydroxylation is 1. The summed E-state index contributed by atoms with van der Waals surface area (Å²) < 4.78 is 10.8. The second kappa shape index (κ2) is 11.7. The van der Waals surface area contributed by atoms with E-state index in [1.165, 1.54) is 16.9 Å². The average molecular weight is 510 g/mol. The molecule has 2 heterocycles. The van der Waals surface area contributed by atoms with E-state index in [1.54, 1.807) is 7.11 Å². The second-order valence-electron chi connectivity index (χ2n) is 8.37. The van der Waals surface area contributed by atoms with Crippen LogP contribution < -0.4 is 10.1 Å². The zero-order valence-electron chi connectivity index (χ0n) is 20.4. The quantitative estimate of drug-likeness (QED) is 0.337. The van der Waals surface area contributed by atoms with Crippen LogP contribution in [0.15, 0.2) is 54.6 Å². The number of piperazine rings is 1.